The van der Waals surface area contributed by atoms with E-state index in [0.717, 1.165) is 24.9 Å². The number of fused-ring (bicyclic) bond motifs is 5. The number of aryl methyl sites for hydroxylation is 1. The largest absolute Gasteiger partial charge is 0.508 e. The summed E-state index contributed by atoms with van der Waals surface area (Å²) in [5.41, 5.74) is 3.05. The summed E-state index contributed by atoms with van der Waals surface area (Å²) < 4.78 is 11.3. The molecule has 0 radical (unpaired) electrons. The maximum absolute atomic E-state index is 13.4. The lowest BCUT2D eigenvalue weighted by atomic mass is 9.49. The van der Waals surface area contributed by atoms with Crippen LogP contribution >= 0.6 is 0 Å². The van der Waals surface area contributed by atoms with Crippen LogP contribution in [0.25, 0.3) is 0 Å². The molecular formula is C30H37NO5. The molecule has 0 saturated heterocycles. The number of phenolic OH excluding ortho intramolecular Hbond substituents is 1. The number of esters is 2. The normalized spacial score (nSPS) is 32.6. The molecule has 0 amide bonds. The van der Waals surface area contributed by atoms with Crippen LogP contribution in [0.3, 0.4) is 0 Å². The smallest absolute Gasteiger partial charge is 0.350 e. The number of ether oxygens (including phenoxy) is 2. The van der Waals surface area contributed by atoms with Gasteiger partial charge in [0.1, 0.15) is 5.75 Å². The van der Waals surface area contributed by atoms with E-state index in [4.69, 9.17) is 9.47 Å². The Balaban J connectivity index is 1.66. The molecule has 6 atom stereocenters. The maximum Gasteiger partial charge on any atom is 0.350 e. The van der Waals surface area contributed by atoms with Gasteiger partial charge in [-0.25, -0.2) is 4.79 Å². The fourth-order valence-corrected chi connectivity index (χ4v) is 7.98. The number of rotatable bonds is 4. The van der Waals surface area contributed by atoms with E-state index in [2.05, 4.69) is 42.2 Å². The van der Waals surface area contributed by atoms with Crippen molar-refractivity contribution in [3.63, 3.8) is 0 Å². The lowest BCUT2D eigenvalue weighted by Gasteiger charge is -2.56. The summed E-state index contributed by atoms with van der Waals surface area (Å²) in [5.74, 6) is 0.378. The van der Waals surface area contributed by atoms with Crippen LogP contribution in [-0.2, 0) is 25.5 Å². The van der Waals surface area contributed by atoms with Gasteiger partial charge in [-0.05, 0) is 96.7 Å². The number of aromatic hydroxyl groups is 1. The first-order chi connectivity index (χ1) is 17.1. The third-order valence-electron chi connectivity index (χ3n) is 9.51. The van der Waals surface area contributed by atoms with E-state index in [1.165, 1.54) is 30.7 Å². The van der Waals surface area contributed by atoms with Crippen molar-refractivity contribution in [2.24, 2.45) is 17.3 Å². The van der Waals surface area contributed by atoms with E-state index in [1.54, 1.807) is 6.07 Å². The second-order valence-corrected chi connectivity index (χ2v) is 11.4. The number of phenols is 1. The second kappa shape index (κ2) is 8.82. The molecule has 5 rings (SSSR count). The minimum atomic E-state index is -1.28. The Morgan fingerprint density at radius 3 is 2.44 bits per heavy atom. The molecule has 2 aromatic carbocycles. The Bertz CT molecular complexity index is 1170. The van der Waals surface area contributed by atoms with Crippen LogP contribution in [-0.4, -0.2) is 43.9 Å². The molecule has 1 N–H and O–H groups in total. The zero-order valence-electron chi connectivity index (χ0n) is 21.9. The first kappa shape index (κ1) is 24.7. The monoisotopic (exact) mass is 491 g/mol. The summed E-state index contributed by atoms with van der Waals surface area (Å²) in [4.78, 5) is 27.8. The van der Waals surface area contributed by atoms with Gasteiger partial charge in [-0.1, -0.05) is 25.1 Å². The van der Waals surface area contributed by atoms with Crippen molar-refractivity contribution in [1.29, 1.82) is 0 Å². The van der Waals surface area contributed by atoms with Gasteiger partial charge in [0.25, 0.3) is 0 Å². The van der Waals surface area contributed by atoms with Gasteiger partial charge in [0.15, 0.2) is 0 Å². The number of carbonyl (C=O) groups is 2. The van der Waals surface area contributed by atoms with Gasteiger partial charge in [0.05, 0.1) is 7.11 Å². The van der Waals surface area contributed by atoms with Crippen molar-refractivity contribution < 1.29 is 24.2 Å². The van der Waals surface area contributed by atoms with Gasteiger partial charge in [0.2, 0.25) is 5.60 Å². The minimum Gasteiger partial charge on any atom is -0.508 e. The molecule has 192 valence electrons. The first-order valence-corrected chi connectivity index (χ1v) is 13.0. The van der Waals surface area contributed by atoms with Crippen molar-refractivity contribution in [2.75, 3.05) is 26.1 Å². The Morgan fingerprint density at radius 1 is 1.08 bits per heavy atom. The zero-order valence-corrected chi connectivity index (χ0v) is 21.9. The highest BCUT2D eigenvalue weighted by Gasteiger charge is 2.69. The minimum absolute atomic E-state index is 0.133. The summed E-state index contributed by atoms with van der Waals surface area (Å²) in [7, 11) is 5.45. The maximum atomic E-state index is 13.4. The van der Waals surface area contributed by atoms with E-state index < -0.39 is 23.0 Å². The van der Waals surface area contributed by atoms with Gasteiger partial charge in [-0.15, -0.1) is 0 Å². The van der Waals surface area contributed by atoms with E-state index in [0.29, 0.717) is 24.5 Å². The number of methoxy groups -OCH3 is 1. The highest BCUT2D eigenvalue weighted by molar-refractivity contribution is 5.84. The average molecular weight is 492 g/mol. The molecule has 2 aromatic rings. The fourth-order valence-electron chi connectivity index (χ4n) is 7.98. The summed E-state index contributed by atoms with van der Waals surface area (Å²) in [6.07, 6.45) is 3.88. The SMILES string of the molecule is COC(=O)[C@@]1(OC(C)=O)CCC2C3CCc4cc(O)ccc4C3C(c3ccc(N(C)C)cc3)C[C@@]21C. The molecule has 0 heterocycles. The number of anilines is 1. The van der Waals surface area contributed by atoms with Crippen LogP contribution in [0.15, 0.2) is 42.5 Å². The summed E-state index contributed by atoms with van der Waals surface area (Å²) in [5, 5.41) is 10.2. The molecule has 0 aromatic heterocycles. The number of carbonyl (C=O) groups excluding carboxylic acids is 2. The van der Waals surface area contributed by atoms with Crippen molar-refractivity contribution in [3.8, 4) is 5.75 Å². The van der Waals surface area contributed by atoms with Crippen molar-refractivity contribution in [2.45, 2.75) is 63.4 Å². The molecule has 2 saturated carbocycles. The summed E-state index contributed by atoms with van der Waals surface area (Å²) in [6, 6.07) is 14.5. The Hall–Kier alpha value is -3.02. The van der Waals surface area contributed by atoms with Crippen LogP contribution in [0.5, 0.6) is 5.75 Å². The fraction of sp³-hybridized carbons (Fsp3) is 0.533. The van der Waals surface area contributed by atoms with Gasteiger partial charge in [-0.3, -0.25) is 4.79 Å². The molecule has 36 heavy (non-hydrogen) atoms. The highest BCUT2D eigenvalue weighted by atomic mass is 16.6. The molecule has 6 nitrogen and oxygen atoms in total. The predicted molar refractivity (Wildman–Crippen MR) is 138 cm³/mol. The Morgan fingerprint density at radius 2 is 1.81 bits per heavy atom. The van der Waals surface area contributed by atoms with E-state index in [9.17, 15) is 14.7 Å². The third kappa shape index (κ3) is 3.60. The second-order valence-electron chi connectivity index (χ2n) is 11.4. The standard InChI is InChI=1S/C30H37NO5/c1-18(32)36-30(28(34)35-5)15-14-26-24-12-8-20-16-22(33)11-13-23(20)27(24)25(17-29(26,30)2)19-6-9-21(10-7-19)31(3)4/h6-7,9-11,13,16,24-27,33H,8,12,14-15,17H2,1-5H3/t24?,25?,26?,27?,29-,30-/m0/s1. The lowest BCUT2D eigenvalue weighted by Crippen LogP contribution is -2.58. The molecule has 3 aliphatic carbocycles. The molecular weight excluding hydrogens is 454 g/mol. The van der Waals surface area contributed by atoms with Gasteiger partial charge >= 0.3 is 11.9 Å². The van der Waals surface area contributed by atoms with Crippen LogP contribution < -0.4 is 4.90 Å². The van der Waals surface area contributed by atoms with Crippen LogP contribution in [0.4, 0.5) is 5.69 Å². The van der Waals surface area contributed by atoms with Crippen LogP contribution in [0.1, 0.15) is 68.1 Å². The Labute approximate surface area is 213 Å². The molecule has 3 aliphatic rings. The zero-order chi connectivity index (χ0) is 25.8. The summed E-state index contributed by atoms with van der Waals surface area (Å²) in [6.45, 7) is 3.53. The topological polar surface area (TPSA) is 76.1 Å². The van der Waals surface area contributed by atoms with Crippen molar-refractivity contribution >= 4 is 17.6 Å². The quantitative estimate of drug-likeness (QED) is 0.594. The molecule has 0 aliphatic heterocycles. The number of benzene rings is 2. The van der Waals surface area contributed by atoms with Gasteiger partial charge in [0, 0.05) is 32.1 Å². The highest BCUT2D eigenvalue weighted by Crippen LogP contribution is 2.68. The van der Waals surface area contributed by atoms with Crippen LogP contribution in [0, 0.1) is 17.3 Å². The summed E-state index contributed by atoms with van der Waals surface area (Å²) >= 11 is 0. The van der Waals surface area contributed by atoms with E-state index >= 15 is 0 Å². The number of hydrogen-bond donors (Lipinski definition) is 1. The molecule has 6 heteroatoms. The first-order valence-electron chi connectivity index (χ1n) is 13.0. The number of hydrogen-bond acceptors (Lipinski definition) is 6. The number of nitrogens with zero attached hydrogens (tertiary/aromatic N) is 1. The molecule has 2 fully saturated rings. The van der Waals surface area contributed by atoms with Crippen molar-refractivity contribution in [3.05, 3.63) is 59.2 Å². The molecule has 4 unspecified atom stereocenters. The van der Waals surface area contributed by atoms with Crippen molar-refractivity contribution in [1.82, 2.24) is 0 Å². The average Bonchev–Trinajstić information content (AvgIpc) is 3.14. The van der Waals surface area contributed by atoms with Gasteiger partial charge < -0.3 is 19.5 Å². The Kier molecular flexibility index (Phi) is 6.05. The lowest BCUT2D eigenvalue weighted by molar-refractivity contribution is -0.200. The third-order valence-corrected chi connectivity index (χ3v) is 9.51. The molecule has 0 bridgehead atoms. The van der Waals surface area contributed by atoms with Gasteiger partial charge in [-0.2, -0.15) is 0 Å². The predicted octanol–water partition coefficient (Wildman–Crippen LogP) is 5.18. The van der Waals surface area contributed by atoms with Crippen LogP contribution in [0.2, 0.25) is 0 Å². The van der Waals surface area contributed by atoms with E-state index in [-0.39, 0.29) is 17.8 Å². The van der Waals surface area contributed by atoms with E-state index in [1.807, 2.05) is 20.2 Å². The molecule has 0 spiro atoms.